The molecule has 2 aliphatic carbocycles. The van der Waals surface area contributed by atoms with Crippen molar-refractivity contribution in [2.45, 2.75) is 57.0 Å². The Kier molecular flexibility index (Phi) is 4.15. The summed E-state index contributed by atoms with van der Waals surface area (Å²) in [6, 6.07) is 6.34. The molecular formula is C17H25N3O. The standard InChI is InChI=1S/C17H25N3O/c18-16(19-12-17(21)10-3-4-11-17)20-15-9-5-7-13-6-1-2-8-14(13)15/h5,7,9,21H,1-4,6,8,10-12H2,(H3,18,19,20). The molecule has 21 heavy (non-hydrogen) atoms. The summed E-state index contributed by atoms with van der Waals surface area (Å²) in [4.78, 5) is 4.36. The molecule has 1 aromatic rings. The van der Waals surface area contributed by atoms with Crippen LogP contribution in [0.15, 0.2) is 23.2 Å². The molecule has 1 saturated carbocycles. The molecule has 2 aliphatic rings. The second-order valence-corrected chi connectivity index (χ2v) is 6.41. The van der Waals surface area contributed by atoms with Crippen molar-refractivity contribution in [3.05, 3.63) is 29.3 Å². The van der Waals surface area contributed by atoms with Crippen LogP contribution in [0.3, 0.4) is 0 Å². The number of rotatable bonds is 3. The van der Waals surface area contributed by atoms with Gasteiger partial charge in [0, 0.05) is 5.69 Å². The molecule has 4 N–H and O–H groups in total. The molecule has 0 aliphatic heterocycles. The summed E-state index contributed by atoms with van der Waals surface area (Å²) in [5, 5.41) is 13.5. The average Bonchev–Trinajstić information content (AvgIpc) is 2.93. The summed E-state index contributed by atoms with van der Waals surface area (Å²) in [5.74, 6) is 0.411. The number of aliphatic imine (C=N–C) groups is 1. The number of benzene rings is 1. The van der Waals surface area contributed by atoms with Gasteiger partial charge in [0.25, 0.3) is 0 Å². The highest BCUT2D eigenvalue weighted by atomic mass is 16.3. The molecule has 1 aromatic carbocycles. The van der Waals surface area contributed by atoms with Crippen LogP contribution in [0.2, 0.25) is 0 Å². The molecular weight excluding hydrogens is 262 g/mol. The van der Waals surface area contributed by atoms with Crippen LogP contribution in [-0.4, -0.2) is 23.2 Å². The highest BCUT2D eigenvalue weighted by Gasteiger charge is 2.30. The summed E-state index contributed by atoms with van der Waals surface area (Å²) in [5.41, 5.74) is 9.24. The Morgan fingerprint density at radius 1 is 1.19 bits per heavy atom. The van der Waals surface area contributed by atoms with Crippen LogP contribution in [-0.2, 0) is 12.8 Å². The Morgan fingerprint density at radius 2 is 1.95 bits per heavy atom. The molecule has 1 fully saturated rings. The van der Waals surface area contributed by atoms with Crippen molar-refractivity contribution in [2.24, 2.45) is 10.7 Å². The highest BCUT2D eigenvalue weighted by Crippen LogP contribution is 2.30. The van der Waals surface area contributed by atoms with Gasteiger partial charge in [0.05, 0.1) is 12.1 Å². The number of aryl methyl sites for hydroxylation is 1. The Bertz CT molecular complexity index is 533. The number of fused-ring (bicyclic) bond motifs is 1. The molecule has 0 radical (unpaired) electrons. The number of nitrogens with zero attached hydrogens (tertiary/aromatic N) is 1. The number of nitrogens with two attached hydrogens (primary N) is 1. The third-order valence-corrected chi connectivity index (χ3v) is 4.74. The molecule has 114 valence electrons. The van der Waals surface area contributed by atoms with Gasteiger partial charge < -0.3 is 16.2 Å². The van der Waals surface area contributed by atoms with E-state index < -0.39 is 5.60 Å². The van der Waals surface area contributed by atoms with E-state index in [-0.39, 0.29) is 0 Å². The van der Waals surface area contributed by atoms with Crippen LogP contribution in [0.25, 0.3) is 0 Å². The molecule has 0 spiro atoms. The lowest BCUT2D eigenvalue weighted by Crippen LogP contribution is -2.31. The molecule has 0 aromatic heterocycles. The van der Waals surface area contributed by atoms with Gasteiger partial charge in [-0.2, -0.15) is 0 Å². The van der Waals surface area contributed by atoms with Gasteiger partial charge >= 0.3 is 0 Å². The first-order chi connectivity index (χ1) is 10.2. The first-order valence-electron chi connectivity index (χ1n) is 8.06. The second-order valence-electron chi connectivity index (χ2n) is 6.41. The first-order valence-corrected chi connectivity index (χ1v) is 8.06. The number of anilines is 1. The fourth-order valence-electron chi connectivity index (χ4n) is 3.50. The molecule has 0 bridgehead atoms. The van der Waals surface area contributed by atoms with Gasteiger partial charge in [-0.3, -0.25) is 4.99 Å². The van der Waals surface area contributed by atoms with Crippen molar-refractivity contribution in [3.63, 3.8) is 0 Å². The Morgan fingerprint density at radius 3 is 2.76 bits per heavy atom. The maximum atomic E-state index is 10.3. The number of aliphatic hydroxyl groups is 1. The Labute approximate surface area is 126 Å². The SMILES string of the molecule is NC(=NCC1(O)CCCC1)Nc1cccc2c1CCCC2. The minimum Gasteiger partial charge on any atom is -0.388 e. The maximum Gasteiger partial charge on any atom is 0.193 e. The number of guanidine groups is 1. The van der Waals surface area contributed by atoms with E-state index in [1.54, 1.807) is 0 Å². The predicted octanol–water partition coefficient (Wildman–Crippen LogP) is 2.60. The van der Waals surface area contributed by atoms with Crippen molar-refractivity contribution in [2.75, 3.05) is 11.9 Å². The smallest absolute Gasteiger partial charge is 0.193 e. The lowest BCUT2D eigenvalue weighted by Gasteiger charge is -2.21. The first kappa shape index (κ1) is 14.4. The molecule has 3 rings (SSSR count). The summed E-state index contributed by atoms with van der Waals surface area (Å²) >= 11 is 0. The summed E-state index contributed by atoms with van der Waals surface area (Å²) in [7, 11) is 0. The van der Waals surface area contributed by atoms with Gasteiger partial charge in [0.1, 0.15) is 0 Å². The summed E-state index contributed by atoms with van der Waals surface area (Å²) in [6.45, 7) is 0.404. The highest BCUT2D eigenvalue weighted by molar-refractivity contribution is 5.93. The number of hydrogen-bond acceptors (Lipinski definition) is 2. The minimum absolute atomic E-state index is 0.404. The van der Waals surface area contributed by atoms with Gasteiger partial charge in [0.2, 0.25) is 0 Å². The predicted molar refractivity (Wildman–Crippen MR) is 86.6 cm³/mol. The maximum absolute atomic E-state index is 10.3. The van der Waals surface area contributed by atoms with Crippen molar-refractivity contribution >= 4 is 11.6 Å². The largest absolute Gasteiger partial charge is 0.388 e. The van der Waals surface area contributed by atoms with Gasteiger partial charge in [-0.25, -0.2) is 0 Å². The zero-order valence-corrected chi connectivity index (χ0v) is 12.6. The molecule has 0 amide bonds. The summed E-state index contributed by atoms with van der Waals surface area (Å²) < 4.78 is 0. The fraction of sp³-hybridized carbons (Fsp3) is 0.588. The lowest BCUT2D eigenvalue weighted by molar-refractivity contribution is 0.0575. The van der Waals surface area contributed by atoms with Crippen LogP contribution in [0, 0.1) is 0 Å². The molecule has 4 heteroatoms. The van der Waals surface area contributed by atoms with Crippen LogP contribution in [0.1, 0.15) is 49.7 Å². The molecule has 0 saturated heterocycles. The van der Waals surface area contributed by atoms with Crippen LogP contribution >= 0.6 is 0 Å². The number of hydrogen-bond donors (Lipinski definition) is 3. The van der Waals surface area contributed by atoms with Crippen LogP contribution in [0.4, 0.5) is 5.69 Å². The Hall–Kier alpha value is -1.55. The van der Waals surface area contributed by atoms with E-state index in [0.29, 0.717) is 12.5 Å². The van der Waals surface area contributed by atoms with E-state index in [0.717, 1.165) is 44.2 Å². The van der Waals surface area contributed by atoms with Crippen molar-refractivity contribution < 1.29 is 5.11 Å². The van der Waals surface area contributed by atoms with Crippen molar-refractivity contribution in [1.82, 2.24) is 0 Å². The minimum atomic E-state index is -0.636. The number of nitrogens with one attached hydrogen (secondary N) is 1. The van der Waals surface area contributed by atoms with E-state index in [9.17, 15) is 5.11 Å². The Balaban J connectivity index is 1.68. The third-order valence-electron chi connectivity index (χ3n) is 4.74. The monoisotopic (exact) mass is 287 g/mol. The van der Waals surface area contributed by atoms with E-state index in [4.69, 9.17) is 5.73 Å². The quantitative estimate of drug-likeness (QED) is 0.591. The van der Waals surface area contributed by atoms with Crippen molar-refractivity contribution in [1.29, 1.82) is 0 Å². The zero-order valence-electron chi connectivity index (χ0n) is 12.6. The topological polar surface area (TPSA) is 70.6 Å². The zero-order chi connectivity index (χ0) is 14.7. The second kappa shape index (κ2) is 6.06. The van der Waals surface area contributed by atoms with Crippen molar-refractivity contribution in [3.8, 4) is 0 Å². The van der Waals surface area contributed by atoms with Crippen LogP contribution < -0.4 is 11.1 Å². The average molecular weight is 287 g/mol. The molecule has 0 unspecified atom stereocenters. The van der Waals surface area contributed by atoms with Gasteiger partial charge in [-0.15, -0.1) is 0 Å². The normalized spacial score (nSPS) is 21.1. The van der Waals surface area contributed by atoms with Gasteiger partial charge in [-0.1, -0.05) is 25.0 Å². The van der Waals surface area contributed by atoms with Gasteiger partial charge in [0.15, 0.2) is 5.96 Å². The molecule has 4 nitrogen and oxygen atoms in total. The lowest BCUT2D eigenvalue weighted by atomic mass is 9.90. The molecule has 0 heterocycles. The van der Waals surface area contributed by atoms with E-state index in [1.807, 2.05) is 0 Å². The van der Waals surface area contributed by atoms with E-state index in [2.05, 4.69) is 28.5 Å². The molecule has 0 atom stereocenters. The van der Waals surface area contributed by atoms with E-state index >= 15 is 0 Å². The van der Waals surface area contributed by atoms with Gasteiger partial charge in [-0.05, 0) is 55.7 Å². The third kappa shape index (κ3) is 3.38. The summed E-state index contributed by atoms with van der Waals surface area (Å²) in [6.07, 6.45) is 8.62. The fourth-order valence-corrected chi connectivity index (χ4v) is 3.50. The van der Waals surface area contributed by atoms with Crippen LogP contribution in [0.5, 0.6) is 0 Å². The van der Waals surface area contributed by atoms with E-state index in [1.165, 1.54) is 24.0 Å².